The molecule has 1 atom stereocenters. The third-order valence-corrected chi connectivity index (χ3v) is 5.26. The molecule has 1 fully saturated rings. The first kappa shape index (κ1) is 16.9. The fraction of sp³-hybridized carbons (Fsp3) is 0.333. The van der Waals surface area contributed by atoms with Crippen molar-refractivity contribution in [2.45, 2.75) is 31.8 Å². The third-order valence-electron chi connectivity index (χ3n) is 4.33. The van der Waals surface area contributed by atoms with E-state index in [0.717, 1.165) is 35.4 Å². The Balaban J connectivity index is 1.33. The predicted octanol–water partition coefficient (Wildman–Crippen LogP) is 3.40. The number of aromatic nitrogens is 3. The van der Waals surface area contributed by atoms with E-state index in [0.29, 0.717) is 5.13 Å². The van der Waals surface area contributed by atoms with Crippen molar-refractivity contribution in [1.82, 2.24) is 14.8 Å². The molecule has 0 aliphatic carbocycles. The second kappa shape index (κ2) is 7.35. The summed E-state index contributed by atoms with van der Waals surface area (Å²) in [6.45, 7) is 0.738. The van der Waals surface area contributed by atoms with E-state index in [4.69, 9.17) is 4.74 Å². The van der Waals surface area contributed by atoms with Crippen molar-refractivity contribution in [2.75, 3.05) is 11.9 Å². The minimum absolute atomic E-state index is 0.0123. The molecule has 26 heavy (non-hydrogen) atoms. The zero-order valence-electron chi connectivity index (χ0n) is 14.1. The van der Waals surface area contributed by atoms with Crippen LogP contribution in [0.4, 0.5) is 5.13 Å². The van der Waals surface area contributed by atoms with Crippen LogP contribution in [0.1, 0.15) is 41.6 Å². The summed E-state index contributed by atoms with van der Waals surface area (Å²) in [5.74, 6) is -0.358. The van der Waals surface area contributed by atoms with Crippen molar-refractivity contribution in [3.05, 3.63) is 41.5 Å². The highest BCUT2D eigenvalue weighted by Gasteiger charge is 2.22. The summed E-state index contributed by atoms with van der Waals surface area (Å²) < 4.78 is 7.15. The van der Waals surface area contributed by atoms with Crippen LogP contribution in [0.25, 0.3) is 10.9 Å². The smallest absolute Gasteiger partial charge is 0.231 e. The monoisotopic (exact) mass is 370 g/mol. The Kier molecular flexibility index (Phi) is 4.77. The van der Waals surface area contributed by atoms with Gasteiger partial charge in [0.25, 0.3) is 0 Å². The van der Waals surface area contributed by atoms with Gasteiger partial charge in [0, 0.05) is 31.0 Å². The first-order valence-corrected chi connectivity index (χ1v) is 9.36. The topological polar surface area (TPSA) is 86.1 Å². The number of ether oxygens (including phenoxy) is 1. The van der Waals surface area contributed by atoms with Gasteiger partial charge >= 0.3 is 0 Å². The molecule has 1 aromatic carbocycles. The van der Waals surface area contributed by atoms with Gasteiger partial charge in [-0.15, -0.1) is 10.2 Å². The molecule has 1 saturated heterocycles. The Labute approximate surface area is 154 Å². The van der Waals surface area contributed by atoms with E-state index in [9.17, 15) is 9.59 Å². The van der Waals surface area contributed by atoms with Gasteiger partial charge in [-0.2, -0.15) is 0 Å². The zero-order valence-corrected chi connectivity index (χ0v) is 14.9. The van der Waals surface area contributed by atoms with E-state index >= 15 is 0 Å². The molecule has 8 heteroatoms. The quantitative estimate of drug-likeness (QED) is 0.744. The van der Waals surface area contributed by atoms with Crippen LogP contribution in [-0.4, -0.2) is 33.2 Å². The van der Waals surface area contributed by atoms with Crippen molar-refractivity contribution in [2.24, 2.45) is 0 Å². The lowest BCUT2D eigenvalue weighted by atomic mass is 10.2. The van der Waals surface area contributed by atoms with E-state index in [1.807, 2.05) is 30.3 Å². The molecule has 0 saturated carbocycles. The number of carbonyl (C=O) groups excluding carboxylic acids is 2. The average molecular weight is 370 g/mol. The van der Waals surface area contributed by atoms with Crippen LogP contribution in [0, 0.1) is 0 Å². The summed E-state index contributed by atoms with van der Waals surface area (Å²) in [5, 5.41) is 13.0. The summed E-state index contributed by atoms with van der Waals surface area (Å²) >= 11 is 1.32. The number of carbonyl (C=O) groups is 2. The highest BCUT2D eigenvalue weighted by Crippen LogP contribution is 2.31. The lowest BCUT2D eigenvalue weighted by Crippen LogP contribution is -2.16. The Hall–Kier alpha value is -2.58. The summed E-state index contributed by atoms with van der Waals surface area (Å²) in [7, 11) is 0. The first-order chi connectivity index (χ1) is 12.7. The molecule has 0 bridgehead atoms. The standard InChI is InChI=1S/C18H18N4O3S/c23-15(19-18-21-20-17(26-18)14-6-3-11-25-14)7-8-16(24)22-10-9-12-4-1-2-5-13(12)22/h1-2,4-5,9-10,14H,3,6-8,11H2,(H,19,21,23). The first-order valence-electron chi connectivity index (χ1n) is 8.55. The van der Waals surface area contributed by atoms with Gasteiger partial charge in [-0.3, -0.25) is 14.2 Å². The number of nitrogens with one attached hydrogen (secondary N) is 1. The number of anilines is 1. The number of para-hydroxylation sites is 1. The number of nitrogens with zero attached hydrogens (tertiary/aromatic N) is 3. The highest BCUT2D eigenvalue weighted by molar-refractivity contribution is 7.15. The van der Waals surface area contributed by atoms with Crippen molar-refractivity contribution in [1.29, 1.82) is 0 Å². The Bertz CT molecular complexity index is 943. The maximum atomic E-state index is 12.4. The summed E-state index contributed by atoms with van der Waals surface area (Å²) in [5.41, 5.74) is 0.850. The summed E-state index contributed by atoms with van der Waals surface area (Å²) in [4.78, 5) is 24.5. The minimum atomic E-state index is -0.246. The van der Waals surface area contributed by atoms with E-state index in [2.05, 4.69) is 15.5 Å². The number of rotatable bonds is 5. The van der Waals surface area contributed by atoms with Crippen molar-refractivity contribution in [3.8, 4) is 0 Å². The lowest BCUT2D eigenvalue weighted by Gasteiger charge is -2.04. The van der Waals surface area contributed by atoms with Gasteiger partial charge in [0.05, 0.1) is 5.52 Å². The molecular weight excluding hydrogens is 352 g/mol. The molecule has 1 amide bonds. The molecule has 3 heterocycles. The Morgan fingerprint density at radius 1 is 1.23 bits per heavy atom. The van der Waals surface area contributed by atoms with Crippen molar-refractivity contribution in [3.63, 3.8) is 0 Å². The molecule has 1 aliphatic heterocycles. The Morgan fingerprint density at radius 3 is 2.96 bits per heavy atom. The molecule has 0 spiro atoms. The van der Waals surface area contributed by atoms with Crippen molar-refractivity contribution >= 4 is 39.2 Å². The maximum Gasteiger partial charge on any atom is 0.231 e. The highest BCUT2D eigenvalue weighted by atomic mass is 32.1. The molecule has 7 nitrogen and oxygen atoms in total. The van der Waals surface area contributed by atoms with Gasteiger partial charge in [0.1, 0.15) is 11.1 Å². The number of hydrogen-bond donors (Lipinski definition) is 1. The Morgan fingerprint density at radius 2 is 2.12 bits per heavy atom. The lowest BCUT2D eigenvalue weighted by molar-refractivity contribution is -0.116. The van der Waals surface area contributed by atoms with Crippen LogP contribution >= 0.6 is 11.3 Å². The van der Waals surface area contributed by atoms with Crippen LogP contribution in [0.15, 0.2) is 36.5 Å². The SMILES string of the molecule is O=C(CCC(=O)n1ccc2ccccc21)Nc1nnc(C2CCCO2)s1. The largest absolute Gasteiger partial charge is 0.371 e. The molecule has 4 rings (SSSR count). The van der Waals surface area contributed by atoms with Crippen LogP contribution in [-0.2, 0) is 9.53 Å². The van der Waals surface area contributed by atoms with Gasteiger partial charge in [0.15, 0.2) is 0 Å². The zero-order chi connectivity index (χ0) is 17.9. The minimum Gasteiger partial charge on any atom is -0.371 e. The van der Waals surface area contributed by atoms with Crippen LogP contribution in [0.3, 0.4) is 0 Å². The van der Waals surface area contributed by atoms with E-state index < -0.39 is 0 Å². The predicted molar refractivity (Wildman–Crippen MR) is 98.3 cm³/mol. The van der Waals surface area contributed by atoms with E-state index in [1.54, 1.807) is 10.8 Å². The molecule has 2 aromatic heterocycles. The van der Waals surface area contributed by atoms with E-state index in [-0.39, 0.29) is 30.8 Å². The van der Waals surface area contributed by atoms with Crippen LogP contribution in [0.5, 0.6) is 0 Å². The molecule has 1 unspecified atom stereocenters. The number of hydrogen-bond acceptors (Lipinski definition) is 6. The summed E-state index contributed by atoms with van der Waals surface area (Å²) in [6, 6.07) is 9.55. The average Bonchev–Trinajstić information content (AvgIpc) is 3.39. The van der Waals surface area contributed by atoms with E-state index in [1.165, 1.54) is 11.3 Å². The number of amides is 1. The molecule has 134 valence electrons. The van der Waals surface area contributed by atoms with Crippen molar-refractivity contribution < 1.29 is 14.3 Å². The summed E-state index contributed by atoms with van der Waals surface area (Å²) in [6.07, 6.45) is 3.90. The fourth-order valence-electron chi connectivity index (χ4n) is 3.01. The van der Waals surface area contributed by atoms with Gasteiger partial charge < -0.3 is 10.1 Å². The molecule has 1 N–H and O–H groups in total. The number of fused-ring (bicyclic) bond motifs is 1. The fourth-order valence-corrected chi connectivity index (χ4v) is 3.85. The molecule has 1 aliphatic rings. The van der Waals surface area contributed by atoms with Gasteiger partial charge in [-0.05, 0) is 25.0 Å². The second-order valence-electron chi connectivity index (χ2n) is 6.13. The van der Waals surface area contributed by atoms with Gasteiger partial charge in [-0.1, -0.05) is 29.5 Å². The third kappa shape index (κ3) is 3.51. The molecule has 0 radical (unpaired) electrons. The molecular formula is C18H18N4O3S. The normalized spacial score (nSPS) is 16.8. The number of benzene rings is 1. The van der Waals surface area contributed by atoms with Gasteiger partial charge in [-0.25, -0.2) is 0 Å². The molecule has 3 aromatic rings. The second-order valence-corrected chi connectivity index (χ2v) is 7.14. The maximum absolute atomic E-state index is 12.4. The van der Waals surface area contributed by atoms with Gasteiger partial charge in [0.2, 0.25) is 16.9 Å². The van der Waals surface area contributed by atoms with Crippen LogP contribution < -0.4 is 5.32 Å². The van der Waals surface area contributed by atoms with Crippen LogP contribution in [0.2, 0.25) is 0 Å².